The second-order valence-electron chi connectivity index (χ2n) is 5.88. The van der Waals surface area contributed by atoms with Gasteiger partial charge in [0.1, 0.15) is 0 Å². The van der Waals surface area contributed by atoms with Crippen molar-refractivity contribution in [2.24, 2.45) is 0 Å². The lowest BCUT2D eigenvalue weighted by atomic mass is 10.0. The number of halogens is 1. The molecule has 1 amide bonds. The zero-order chi connectivity index (χ0) is 17.8. The Balaban J connectivity index is 1.90. The number of pyridine rings is 1. The zero-order valence-corrected chi connectivity index (χ0v) is 16.6. The predicted molar refractivity (Wildman–Crippen MR) is 111 cm³/mol. The number of para-hydroxylation sites is 1. The summed E-state index contributed by atoms with van der Waals surface area (Å²) < 4.78 is 0.189. The van der Waals surface area contributed by atoms with E-state index < -0.39 is 0 Å². The second kappa shape index (κ2) is 7.95. The fourth-order valence-electron chi connectivity index (χ4n) is 3.00. The average molecular weight is 444 g/mol. The molecule has 1 heterocycles. The summed E-state index contributed by atoms with van der Waals surface area (Å²) in [6.45, 7) is 5.47. The minimum atomic E-state index is 0.0911. The fraction of sp³-hybridized carbons (Fsp3) is 0.238. The van der Waals surface area contributed by atoms with Crippen molar-refractivity contribution in [2.45, 2.75) is 17.8 Å². The van der Waals surface area contributed by atoms with Crippen LogP contribution in [-0.2, 0) is 0 Å². The Bertz CT molecular complexity index is 867. The normalized spacial score (nSPS) is 12.1. The van der Waals surface area contributed by atoms with Crippen molar-refractivity contribution in [3.05, 3.63) is 77.5 Å². The number of nitrogens with zero attached hydrogens (tertiary/aromatic N) is 2. The largest absolute Gasteiger partial charge is 0.339 e. The Morgan fingerprint density at radius 3 is 2.40 bits per heavy atom. The molecule has 0 aliphatic rings. The summed E-state index contributed by atoms with van der Waals surface area (Å²) in [5.74, 6) is 0.0911. The molecular formula is C21H21IN2O. The van der Waals surface area contributed by atoms with E-state index in [1.54, 1.807) is 0 Å². The summed E-state index contributed by atoms with van der Waals surface area (Å²) in [6.07, 6.45) is 1.83. The Kier molecular flexibility index (Phi) is 5.68. The van der Waals surface area contributed by atoms with Crippen LogP contribution >= 0.6 is 22.6 Å². The molecule has 0 saturated carbocycles. The highest BCUT2D eigenvalue weighted by Crippen LogP contribution is 2.35. The lowest BCUT2D eigenvalue weighted by Gasteiger charge is -2.19. The van der Waals surface area contributed by atoms with Crippen LogP contribution in [0.25, 0.3) is 10.9 Å². The van der Waals surface area contributed by atoms with E-state index in [1.807, 2.05) is 43.1 Å². The van der Waals surface area contributed by atoms with Gasteiger partial charge < -0.3 is 4.90 Å². The number of alkyl halides is 1. The van der Waals surface area contributed by atoms with E-state index in [1.165, 1.54) is 11.1 Å². The molecule has 0 saturated heterocycles. The van der Waals surface area contributed by atoms with Crippen LogP contribution in [0.4, 0.5) is 0 Å². The molecule has 3 rings (SSSR count). The third kappa shape index (κ3) is 3.68. The molecule has 0 fully saturated rings. The van der Waals surface area contributed by atoms with Gasteiger partial charge in [-0.3, -0.25) is 9.78 Å². The molecule has 128 valence electrons. The van der Waals surface area contributed by atoms with Crippen LogP contribution in [0.2, 0.25) is 0 Å². The van der Waals surface area contributed by atoms with Gasteiger partial charge in [-0.05, 0) is 43.2 Å². The highest BCUT2D eigenvalue weighted by atomic mass is 127. The number of fused-ring (bicyclic) bond motifs is 1. The van der Waals surface area contributed by atoms with Crippen LogP contribution in [0.3, 0.4) is 0 Å². The van der Waals surface area contributed by atoms with Crippen LogP contribution in [0.15, 0.2) is 60.8 Å². The molecule has 0 spiro atoms. The quantitative estimate of drug-likeness (QED) is 0.398. The summed E-state index contributed by atoms with van der Waals surface area (Å²) >= 11 is 2.44. The van der Waals surface area contributed by atoms with Crippen LogP contribution in [0.1, 0.15) is 39.3 Å². The third-order valence-corrected chi connectivity index (χ3v) is 5.83. The van der Waals surface area contributed by atoms with Gasteiger partial charge in [0.2, 0.25) is 0 Å². The number of hydrogen-bond acceptors (Lipinski definition) is 2. The van der Waals surface area contributed by atoms with Crippen LogP contribution in [-0.4, -0.2) is 28.9 Å². The summed E-state index contributed by atoms with van der Waals surface area (Å²) in [5, 5.41) is 1.15. The van der Waals surface area contributed by atoms with Crippen molar-refractivity contribution >= 4 is 39.4 Å². The van der Waals surface area contributed by atoms with Gasteiger partial charge in [0, 0.05) is 30.2 Å². The van der Waals surface area contributed by atoms with Crippen molar-refractivity contribution in [1.29, 1.82) is 0 Å². The molecule has 0 aliphatic carbocycles. The monoisotopic (exact) mass is 444 g/mol. The Hall–Kier alpha value is -1.95. The van der Waals surface area contributed by atoms with Crippen LogP contribution in [0.5, 0.6) is 0 Å². The van der Waals surface area contributed by atoms with E-state index in [0.29, 0.717) is 0 Å². The van der Waals surface area contributed by atoms with Crippen molar-refractivity contribution in [1.82, 2.24) is 9.88 Å². The second-order valence-corrected chi connectivity index (χ2v) is 7.13. The number of hydrogen-bond donors (Lipinski definition) is 0. The highest BCUT2D eigenvalue weighted by molar-refractivity contribution is 14.1. The van der Waals surface area contributed by atoms with Crippen LogP contribution < -0.4 is 0 Å². The molecule has 0 bridgehead atoms. The number of carbonyl (C=O) groups is 1. The molecule has 0 N–H and O–H groups in total. The maximum Gasteiger partial charge on any atom is 0.253 e. The summed E-state index contributed by atoms with van der Waals surface area (Å²) in [4.78, 5) is 18.8. The lowest BCUT2D eigenvalue weighted by molar-refractivity contribution is 0.0773. The van der Waals surface area contributed by atoms with Crippen molar-refractivity contribution in [2.75, 3.05) is 13.1 Å². The average Bonchev–Trinajstić information content (AvgIpc) is 2.68. The molecule has 25 heavy (non-hydrogen) atoms. The fourth-order valence-corrected chi connectivity index (χ4v) is 3.92. The molecule has 3 nitrogen and oxygen atoms in total. The Labute approximate surface area is 162 Å². The minimum absolute atomic E-state index is 0.0911. The molecule has 0 radical (unpaired) electrons. The topological polar surface area (TPSA) is 33.2 Å². The molecule has 1 aromatic heterocycles. The highest BCUT2D eigenvalue weighted by Gasteiger charge is 2.16. The number of amides is 1. The van der Waals surface area contributed by atoms with Gasteiger partial charge in [0.25, 0.3) is 5.91 Å². The van der Waals surface area contributed by atoms with Gasteiger partial charge >= 0.3 is 0 Å². The first-order valence-electron chi connectivity index (χ1n) is 8.52. The van der Waals surface area contributed by atoms with Crippen molar-refractivity contribution in [3.63, 3.8) is 0 Å². The molecule has 4 heteroatoms. The number of carbonyl (C=O) groups excluding carboxylic acids is 1. The maximum atomic E-state index is 12.4. The predicted octanol–water partition coefficient (Wildman–Crippen LogP) is 5.24. The van der Waals surface area contributed by atoms with E-state index in [9.17, 15) is 4.79 Å². The Morgan fingerprint density at radius 2 is 1.72 bits per heavy atom. The SMILES string of the molecule is CCN(CC)C(=O)c1ccc(C(I)c2cccc3cccnc23)cc1. The van der Waals surface area contributed by atoms with Gasteiger partial charge in [0.05, 0.1) is 9.44 Å². The molecule has 1 atom stereocenters. The van der Waals surface area contributed by atoms with E-state index in [-0.39, 0.29) is 9.83 Å². The number of aromatic nitrogens is 1. The van der Waals surface area contributed by atoms with E-state index in [0.717, 1.165) is 29.6 Å². The molecule has 2 aromatic carbocycles. The first-order chi connectivity index (χ1) is 12.2. The maximum absolute atomic E-state index is 12.4. The third-order valence-electron chi connectivity index (χ3n) is 4.44. The van der Waals surface area contributed by atoms with Gasteiger partial charge in [0.15, 0.2) is 0 Å². The molecule has 3 aromatic rings. The first-order valence-corrected chi connectivity index (χ1v) is 9.77. The Morgan fingerprint density at radius 1 is 1.04 bits per heavy atom. The molecule has 0 aliphatic heterocycles. The molecule has 1 unspecified atom stereocenters. The number of rotatable bonds is 5. The van der Waals surface area contributed by atoms with E-state index in [4.69, 9.17) is 0 Å². The van der Waals surface area contributed by atoms with Gasteiger partial charge in [-0.1, -0.05) is 59.0 Å². The summed E-state index contributed by atoms with van der Waals surface area (Å²) in [7, 11) is 0. The standard InChI is InChI=1S/C21H21IN2O/c1-3-24(4-2)21(25)17-12-10-15(11-13-17)19(22)18-9-5-7-16-8-6-14-23-20(16)18/h5-14,19H,3-4H2,1-2H3. The minimum Gasteiger partial charge on any atom is -0.339 e. The van der Waals surface area contributed by atoms with Gasteiger partial charge in [-0.25, -0.2) is 0 Å². The van der Waals surface area contributed by atoms with Crippen molar-refractivity contribution in [3.8, 4) is 0 Å². The smallest absolute Gasteiger partial charge is 0.253 e. The molecular weight excluding hydrogens is 423 g/mol. The van der Waals surface area contributed by atoms with Gasteiger partial charge in [-0.2, -0.15) is 0 Å². The summed E-state index contributed by atoms with van der Waals surface area (Å²) in [6, 6.07) is 18.3. The van der Waals surface area contributed by atoms with E-state index in [2.05, 4.69) is 64.0 Å². The van der Waals surface area contributed by atoms with Crippen molar-refractivity contribution < 1.29 is 4.79 Å². The number of benzene rings is 2. The zero-order valence-electron chi connectivity index (χ0n) is 14.4. The lowest BCUT2D eigenvalue weighted by Crippen LogP contribution is -2.30. The van der Waals surface area contributed by atoms with Gasteiger partial charge in [-0.15, -0.1) is 0 Å². The first kappa shape index (κ1) is 17.9. The van der Waals surface area contributed by atoms with E-state index >= 15 is 0 Å². The van der Waals surface area contributed by atoms with Crippen LogP contribution in [0, 0.1) is 0 Å². The summed E-state index contributed by atoms with van der Waals surface area (Å²) in [5.41, 5.74) is 4.15.